The maximum absolute atomic E-state index is 12.1. The van der Waals surface area contributed by atoms with Gasteiger partial charge in [-0.3, -0.25) is 0 Å². The molecule has 1 fully saturated rings. The van der Waals surface area contributed by atoms with Crippen LogP contribution in [0.2, 0.25) is 0 Å². The fourth-order valence-electron chi connectivity index (χ4n) is 2.07. The summed E-state index contributed by atoms with van der Waals surface area (Å²) in [7, 11) is -3.45. The Bertz CT molecular complexity index is 542. The molecule has 0 spiro atoms. The number of hydrogen-bond acceptors (Lipinski definition) is 4. The predicted molar refractivity (Wildman–Crippen MR) is 66.1 cm³/mol. The van der Waals surface area contributed by atoms with E-state index < -0.39 is 10.0 Å². The van der Waals surface area contributed by atoms with E-state index in [-0.39, 0.29) is 12.0 Å². The molecule has 1 aromatic heterocycles. The minimum absolute atomic E-state index is 0.189. The van der Waals surface area contributed by atoms with Crippen molar-refractivity contribution >= 4 is 21.4 Å². The fraction of sp³-hybridized carbons (Fsp3) is 0.545. The summed E-state index contributed by atoms with van der Waals surface area (Å²) in [4.78, 5) is 0.966. The second-order valence-corrected chi connectivity index (χ2v) is 7.49. The quantitative estimate of drug-likeness (QED) is 0.913. The summed E-state index contributed by atoms with van der Waals surface area (Å²) in [5, 5.41) is 8.93. The van der Waals surface area contributed by atoms with Gasteiger partial charge < -0.3 is 0 Å². The maximum atomic E-state index is 12.1. The van der Waals surface area contributed by atoms with Gasteiger partial charge in [0.25, 0.3) is 0 Å². The first-order valence-corrected chi connectivity index (χ1v) is 7.81. The summed E-state index contributed by atoms with van der Waals surface area (Å²) < 4.78 is 27.1. The molecule has 1 N–H and O–H groups in total. The normalized spacial score (nSPS) is 24.7. The summed E-state index contributed by atoms with van der Waals surface area (Å²) >= 11 is 1.25. The van der Waals surface area contributed by atoms with E-state index in [9.17, 15) is 8.42 Å². The number of thiophene rings is 1. The van der Waals surface area contributed by atoms with Gasteiger partial charge in [0, 0.05) is 10.9 Å². The highest BCUT2D eigenvalue weighted by atomic mass is 32.2. The van der Waals surface area contributed by atoms with Crippen molar-refractivity contribution in [3.05, 3.63) is 17.0 Å². The third-order valence-corrected chi connectivity index (χ3v) is 5.95. The molecule has 1 aliphatic rings. The van der Waals surface area contributed by atoms with Gasteiger partial charge >= 0.3 is 0 Å². The van der Waals surface area contributed by atoms with Crippen molar-refractivity contribution in [2.24, 2.45) is 5.92 Å². The zero-order valence-corrected chi connectivity index (χ0v) is 11.1. The molecule has 0 bridgehead atoms. The highest BCUT2D eigenvalue weighted by Crippen LogP contribution is 2.28. The number of nitriles is 1. The lowest BCUT2D eigenvalue weighted by Crippen LogP contribution is -2.36. The van der Waals surface area contributed by atoms with Crippen LogP contribution in [0.3, 0.4) is 0 Å². The highest BCUT2D eigenvalue weighted by molar-refractivity contribution is 7.91. The Morgan fingerprint density at radius 2 is 2.24 bits per heavy atom. The van der Waals surface area contributed by atoms with Crippen molar-refractivity contribution in [3.63, 3.8) is 0 Å². The molecule has 0 saturated heterocycles. The summed E-state index contributed by atoms with van der Waals surface area (Å²) in [6.45, 7) is 1.87. The summed E-state index contributed by atoms with van der Waals surface area (Å²) in [5.41, 5.74) is 0. The molecule has 1 heterocycles. The van der Waals surface area contributed by atoms with Gasteiger partial charge in [0.2, 0.25) is 10.0 Å². The van der Waals surface area contributed by atoms with Gasteiger partial charge in [0.1, 0.15) is 4.21 Å². The number of aryl methyl sites for hydroxylation is 1. The lowest BCUT2D eigenvalue weighted by molar-refractivity contribution is 0.516. The van der Waals surface area contributed by atoms with Crippen molar-refractivity contribution in [1.82, 2.24) is 4.72 Å². The molecule has 92 valence electrons. The van der Waals surface area contributed by atoms with Crippen molar-refractivity contribution in [2.75, 3.05) is 0 Å². The molecule has 6 heteroatoms. The van der Waals surface area contributed by atoms with Gasteiger partial charge in [-0.25, -0.2) is 13.1 Å². The van der Waals surface area contributed by atoms with Crippen LogP contribution in [-0.2, 0) is 10.0 Å². The van der Waals surface area contributed by atoms with Crippen molar-refractivity contribution < 1.29 is 8.42 Å². The third-order valence-electron chi connectivity index (χ3n) is 2.97. The average Bonchev–Trinajstić information content (AvgIpc) is 2.86. The Hall–Kier alpha value is -0.900. The second-order valence-electron chi connectivity index (χ2n) is 4.26. The van der Waals surface area contributed by atoms with Gasteiger partial charge in [0.05, 0.1) is 12.0 Å². The molecule has 2 atom stereocenters. The van der Waals surface area contributed by atoms with Crippen LogP contribution < -0.4 is 4.72 Å². The second kappa shape index (κ2) is 4.77. The number of hydrogen-bond donors (Lipinski definition) is 1. The molecular weight excluding hydrogens is 256 g/mol. The molecule has 0 aromatic carbocycles. The highest BCUT2D eigenvalue weighted by Gasteiger charge is 2.31. The Labute approximate surface area is 105 Å². The van der Waals surface area contributed by atoms with Gasteiger partial charge in [-0.05, 0) is 31.9 Å². The molecule has 2 rings (SSSR count). The number of rotatable bonds is 3. The van der Waals surface area contributed by atoms with E-state index in [2.05, 4.69) is 10.8 Å². The van der Waals surface area contributed by atoms with Crippen LogP contribution in [-0.4, -0.2) is 14.5 Å². The molecule has 0 amide bonds. The summed E-state index contributed by atoms with van der Waals surface area (Å²) in [6, 6.07) is 5.34. The van der Waals surface area contributed by atoms with E-state index in [1.807, 2.05) is 6.92 Å². The van der Waals surface area contributed by atoms with Crippen LogP contribution in [0.15, 0.2) is 16.3 Å². The van der Waals surface area contributed by atoms with E-state index in [4.69, 9.17) is 5.26 Å². The van der Waals surface area contributed by atoms with Gasteiger partial charge in [-0.1, -0.05) is 6.42 Å². The zero-order chi connectivity index (χ0) is 12.5. The van der Waals surface area contributed by atoms with Gasteiger partial charge in [0.15, 0.2) is 0 Å². The molecule has 1 saturated carbocycles. The fourth-order valence-corrected chi connectivity index (χ4v) is 4.68. The molecule has 2 unspecified atom stereocenters. The van der Waals surface area contributed by atoms with Crippen molar-refractivity contribution in [2.45, 2.75) is 36.4 Å². The van der Waals surface area contributed by atoms with E-state index in [1.165, 1.54) is 11.3 Å². The minimum atomic E-state index is -3.45. The molecule has 1 aromatic rings. The maximum Gasteiger partial charge on any atom is 0.250 e. The number of sulfonamides is 1. The van der Waals surface area contributed by atoms with Crippen LogP contribution in [0, 0.1) is 24.2 Å². The molecule has 0 radical (unpaired) electrons. The van der Waals surface area contributed by atoms with Gasteiger partial charge in [-0.15, -0.1) is 11.3 Å². The first-order valence-electron chi connectivity index (χ1n) is 5.51. The number of nitrogens with zero attached hydrogens (tertiary/aromatic N) is 1. The first kappa shape index (κ1) is 12.6. The SMILES string of the molecule is Cc1ccc(S(=O)(=O)NC2CCCC2C#N)s1. The topological polar surface area (TPSA) is 70.0 Å². The average molecular weight is 270 g/mol. The zero-order valence-electron chi connectivity index (χ0n) is 9.51. The van der Waals surface area contributed by atoms with Crippen LogP contribution in [0.5, 0.6) is 0 Å². The summed E-state index contributed by atoms with van der Waals surface area (Å²) in [6.07, 6.45) is 2.45. The molecule has 0 aliphatic heterocycles. The lowest BCUT2D eigenvalue weighted by atomic mass is 10.1. The Morgan fingerprint density at radius 1 is 1.47 bits per heavy atom. The monoisotopic (exact) mass is 270 g/mol. The van der Waals surface area contributed by atoms with Gasteiger partial charge in [-0.2, -0.15) is 5.26 Å². The van der Waals surface area contributed by atoms with E-state index in [0.29, 0.717) is 4.21 Å². The molecule has 1 aliphatic carbocycles. The van der Waals surface area contributed by atoms with E-state index >= 15 is 0 Å². The number of nitrogens with one attached hydrogen (secondary N) is 1. The van der Waals surface area contributed by atoms with E-state index in [1.54, 1.807) is 12.1 Å². The smallest absolute Gasteiger partial charge is 0.206 e. The van der Waals surface area contributed by atoms with E-state index in [0.717, 1.165) is 24.1 Å². The summed E-state index contributed by atoms with van der Waals surface area (Å²) in [5.74, 6) is -0.189. The Kier molecular flexibility index (Phi) is 3.52. The largest absolute Gasteiger partial charge is 0.250 e. The van der Waals surface area contributed by atoms with Crippen LogP contribution in [0.25, 0.3) is 0 Å². The lowest BCUT2D eigenvalue weighted by Gasteiger charge is -2.14. The minimum Gasteiger partial charge on any atom is -0.206 e. The van der Waals surface area contributed by atoms with Crippen molar-refractivity contribution in [3.8, 4) is 6.07 Å². The Balaban J connectivity index is 2.16. The Morgan fingerprint density at radius 3 is 2.82 bits per heavy atom. The van der Waals surface area contributed by atoms with Crippen molar-refractivity contribution in [1.29, 1.82) is 5.26 Å². The molecule has 17 heavy (non-hydrogen) atoms. The van der Waals surface area contributed by atoms with Crippen LogP contribution in [0.1, 0.15) is 24.1 Å². The standard InChI is InChI=1S/C11H14N2O2S2/c1-8-5-6-11(16-8)17(14,15)13-10-4-2-3-9(10)7-12/h5-6,9-10,13H,2-4H2,1H3. The van der Waals surface area contributed by atoms with Crippen LogP contribution in [0.4, 0.5) is 0 Å². The first-order chi connectivity index (χ1) is 8.03. The van der Waals surface area contributed by atoms with Crippen LogP contribution >= 0.6 is 11.3 Å². The molecule has 4 nitrogen and oxygen atoms in total. The third kappa shape index (κ3) is 2.68. The molecular formula is C11H14N2O2S2. The predicted octanol–water partition coefficient (Wildman–Crippen LogP) is 2.03.